The molecule has 0 unspecified atom stereocenters. The highest BCUT2D eigenvalue weighted by Gasteiger charge is 2.21. The minimum atomic E-state index is -0.691. The molecule has 1 rings (SSSR count). The summed E-state index contributed by atoms with van der Waals surface area (Å²) in [5.74, 6) is 5.62. The van der Waals surface area contributed by atoms with Gasteiger partial charge in [0.05, 0.1) is 16.3 Å². The third kappa shape index (κ3) is 3.62. The van der Waals surface area contributed by atoms with Crippen molar-refractivity contribution >= 4 is 23.4 Å². The van der Waals surface area contributed by atoms with Crippen molar-refractivity contribution in [3.8, 4) is 6.07 Å². The third-order valence-electron chi connectivity index (χ3n) is 1.94. The second-order valence-electron chi connectivity index (χ2n) is 4.63. The Hall–Kier alpha value is -1.77. The zero-order valence-corrected chi connectivity index (χ0v) is 11.2. The first-order valence-electron chi connectivity index (χ1n) is 5.22. The molecule has 0 bridgehead atoms. The van der Waals surface area contributed by atoms with Gasteiger partial charge in [0, 0.05) is 0 Å². The molecule has 18 heavy (non-hydrogen) atoms. The van der Waals surface area contributed by atoms with E-state index in [1.165, 1.54) is 18.2 Å². The second-order valence-corrected chi connectivity index (χ2v) is 5.03. The van der Waals surface area contributed by atoms with Crippen molar-refractivity contribution in [1.29, 1.82) is 5.26 Å². The summed E-state index contributed by atoms with van der Waals surface area (Å²) in [6, 6.07) is 6.37. The third-order valence-corrected chi connectivity index (χ3v) is 2.25. The van der Waals surface area contributed by atoms with Crippen molar-refractivity contribution in [3.05, 3.63) is 28.8 Å². The molecule has 2 N–H and O–H groups in total. The number of carbonyl (C=O) groups is 1. The lowest BCUT2D eigenvalue weighted by Crippen LogP contribution is -2.41. The summed E-state index contributed by atoms with van der Waals surface area (Å²) in [6.07, 6.45) is -0.691. The molecular formula is C12H14ClN3O2. The van der Waals surface area contributed by atoms with Crippen LogP contribution in [0.5, 0.6) is 0 Å². The van der Waals surface area contributed by atoms with Gasteiger partial charge in [0.15, 0.2) is 0 Å². The van der Waals surface area contributed by atoms with Crippen LogP contribution in [0.15, 0.2) is 18.2 Å². The minimum Gasteiger partial charge on any atom is -0.442 e. The van der Waals surface area contributed by atoms with Crippen molar-refractivity contribution in [2.24, 2.45) is 5.84 Å². The monoisotopic (exact) mass is 267 g/mol. The van der Waals surface area contributed by atoms with E-state index in [-0.39, 0.29) is 5.02 Å². The predicted octanol–water partition coefficient (Wildman–Crippen LogP) is 2.83. The number of benzene rings is 1. The predicted molar refractivity (Wildman–Crippen MR) is 69.1 cm³/mol. The van der Waals surface area contributed by atoms with Gasteiger partial charge in [-0.3, -0.25) is 0 Å². The molecule has 0 aromatic heterocycles. The Morgan fingerprint density at radius 3 is 2.56 bits per heavy atom. The Bertz CT molecular complexity index is 503. The van der Waals surface area contributed by atoms with Crippen LogP contribution in [0.2, 0.25) is 5.02 Å². The Balaban J connectivity index is 2.91. The molecule has 5 nitrogen and oxygen atoms in total. The van der Waals surface area contributed by atoms with Gasteiger partial charge in [-0.25, -0.2) is 15.6 Å². The molecular weight excluding hydrogens is 254 g/mol. The molecule has 6 heteroatoms. The Labute approximate surface area is 111 Å². The van der Waals surface area contributed by atoms with E-state index in [4.69, 9.17) is 27.4 Å². The number of ether oxygens (including phenoxy) is 1. The van der Waals surface area contributed by atoms with Crippen molar-refractivity contribution in [2.75, 3.05) is 5.01 Å². The largest absolute Gasteiger partial charge is 0.442 e. The van der Waals surface area contributed by atoms with E-state index in [1.807, 2.05) is 6.07 Å². The first-order chi connectivity index (χ1) is 8.24. The smallest absolute Gasteiger partial charge is 0.429 e. The summed E-state index contributed by atoms with van der Waals surface area (Å²) in [4.78, 5) is 11.7. The number of hydrogen-bond donors (Lipinski definition) is 1. The van der Waals surface area contributed by atoms with E-state index in [1.54, 1.807) is 20.8 Å². The minimum absolute atomic E-state index is 0.231. The van der Waals surface area contributed by atoms with Crippen LogP contribution in [0.25, 0.3) is 0 Å². The number of carbonyl (C=O) groups excluding carboxylic acids is 1. The number of anilines is 1. The maximum absolute atomic E-state index is 11.7. The lowest BCUT2D eigenvalue weighted by Gasteiger charge is -2.24. The summed E-state index contributed by atoms with van der Waals surface area (Å²) in [6.45, 7) is 5.22. The van der Waals surface area contributed by atoms with Gasteiger partial charge < -0.3 is 4.74 Å². The van der Waals surface area contributed by atoms with Gasteiger partial charge in [0.25, 0.3) is 0 Å². The molecule has 0 aliphatic heterocycles. The highest BCUT2D eigenvalue weighted by atomic mass is 35.5. The van der Waals surface area contributed by atoms with Crippen molar-refractivity contribution < 1.29 is 9.53 Å². The SMILES string of the molecule is CC(C)(C)OC(=O)N(N)c1ccc(C#N)c(Cl)c1. The molecule has 0 saturated heterocycles. The molecule has 0 heterocycles. The molecule has 1 amide bonds. The molecule has 0 atom stereocenters. The fraction of sp³-hybridized carbons (Fsp3) is 0.333. The Morgan fingerprint density at radius 2 is 2.11 bits per heavy atom. The summed E-state index contributed by atoms with van der Waals surface area (Å²) in [7, 11) is 0. The first-order valence-corrected chi connectivity index (χ1v) is 5.60. The van der Waals surface area contributed by atoms with Crippen LogP contribution in [0.3, 0.4) is 0 Å². The highest BCUT2D eigenvalue weighted by molar-refractivity contribution is 6.32. The van der Waals surface area contributed by atoms with E-state index in [9.17, 15) is 4.79 Å². The molecule has 0 spiro atoms. The number of rotatable bonds is 1. The van der Waals surface area contributed by atoms with E-state index in [0.29, 0.717) is 11.3 Å². The highest BCUT2D eigenvalue weighted by Crippen LogP contribution is 2.23. The molecule has 0 fully saturated rings. The molecule has 96 valence electrons. The quantitative estimate of drug-likeness (QED) is 0.482. The van der Waals surface area contributed by atoms with Crippen molar-refractivity contribution in [2.45, 2.75) is 26.4 Å². The van der Waals surface area contributed by atoms with Gasteiger partial charge in [-0.1, -0.05) is 11.6 Å². The zero-order chi connectivity index (χ0) is 13.9. The average molecular weight is 268 g/mol. The topological polar surface area (TPSA) is 79.3 Å². The molecule has 0 aliphatic carbocycles. The standard InChI is InChI=1S/C12H14ClN3O2/c1-12(2,3)18-11(17)16(15)9-5-4-8(7-14)10(13)6-9/h4-6H,15H2,1-3H3. The zero-order valence-electron chi connectivity index (χ0n) is 10.4. The molecule has 1 aromatic rings. The van der Waals surface area contributed by atoms with Crippen LogP contribution >= 0.6 is 11.6 Å². The van der Waals surface area contributed by atoms with E-state index < -0.39 is 11.7 Å². The number of hydrazine groups is 1. The fourth-order valence-corrected chi connectivity index (χ4v) is 1.38. The summed E-state index contributed by atoms with van der Waals surface area (Å²) >= 11 is 5.85. The van der Waals surface area contributed by atoms with Crippen molar-refractivity contribution in [1.82, 2.24) is 0 Å². The lowest BCUT2D eigenvalue weighted by atomic mass is 10.2. The van der Waals surface area contributed by atoms with Gasteiger partial charge in [-0.05, 0) is 39.0 Å². The number of nitrogens with two attached hydrogens (primary N) is 1. The maximum Gasteiger partial charge on any atom is 0.429 e. The molecule has 1 aromatic carbocycles. The van der Waals surface area contributed by atoms with Crippen LogP contribution in [0.4, 0.5) is 10.5 Å². The summed E-state index contributed by atoms with van der Waals surface area (Å²) in [5.41, 5.74) is 0.0386. The maximum atomic E-state index is 11.7. The van der Waals surface area contributed by atoms with Gasteiger partial charge in [0.2, 0.25) is 0 Å². The number of nitriles is 1. The van der Waals surface area contributed by atoms with Crippen LogP contribution in [-0.4, -0.2) is 11.7 Å². The summed E-state index contributed by atoms with van der Waals surface area (Å²) < 4.78 is 5.10. The number of nitrogens with zero attached hydrogens (tertiary/aromatic N) is 2. The van der Waals surface area contributed by atoms with Crippen LogP contribution in [0, 0.1) is 11.3 Å². The van der Waals surface area contributed by atoms with E-state index in [0.717, 1.165) is 5.01 Å². The number of amides is 1. The van der Waals surface area contributed by atoms with Crippen LogP contribution < -0.4 is 10.9 Å². The normalized spacial score (nSPS) is 10.7. The van der Waals surface area contributed by atoms with Crippen LogP contribution in [-0.2, 0) is 4.74 Å². The molecule has 0 radical (unpaired) electrons. The van der Waals surface area contributed by atoms with Gasteiger partial charge in [-0.15, -0.1) is 0 Å². The van der Waals surface area contributed by atoms with Gasteiger partial charge in [0.1, 0.15) is 11.7 Å². The Kier molecular flexibility index (Phi) is 4.17. The first kappa shape index (κ1) is 14.3. The lowest BCUT2D eigenvalue weighted by molar-refractivity contribution is 0.0580. The molecule has 0 aliphatic rings. The second kappa shape index (κ2) is 5.25. The fourth-order valence-electron chi connectivity index (χ4n) is 1.16. The average Bonchev–Trinajstić information content (AvgIpc) is 2.25. The van der Waals surface area contributed by atoms with Gasteiger partial charge in [-0.2, -0.15) is 5.26 Å². The summed E-state index contributed by atoms with van der Waals surface area (Å²) in [5, 5.41) is 9.82. The number of hydrogen-bond acceptors (Lipinski definition) is 4. The van der Waals surface area contributed by atoms with E-state index >= 15 is 0 Å². The number of halogens is 1. The van der Waals surface area contributed by atoms with Crippen molar-refractivity contribution in [3.63, 3.8) is 0 Å². The van der Waals surface area contributed by atoms with Gasteiger partial charge >= 0.3 is 6.09 Å². The van der Waals surface area contributed by atoms with Crippen LogP contribution in [0.1, 0.15) is 26.3 Å². The Morgan fingerprint density at radius 1 is 1.50 bits per heavy atom. The van der Waals surface area contributed by atoms with E-state index in [2.05, 4.69) is 0 Å². The molecule has 0 saturated carbocycles.